The van der Waals surface area contributed by atoms with Gasteiger partial charge in [0.25, 0.3) is 0 Å². The summed E-state index contributed by atoms with van der Waals surface area (Å²) in [6.45, 7) is 0.329. The summed E-state index contributed by atoms with van der Waals surface area (Å²) in [5.41, 5.74) is 3.94. The molecule has 0 aliphatic rings. The van der Waals surface area contributed by atoms with Crippen LogP contribution in [0.3, 0.4) is 0 Å². The Bertz CT molecular complexity index is 780. The van der Waals surface area contributed by atoms with Crippen LogP contribution in [0.5, 0.6) is 0 Å². The van der Waals surface area contributed by atoms with E-state index >= 15 is 0 Å². The fraction of sp³-hybridized carbons (Fsp3) is 0.176. The Kier molecular flexibility index (Phi) is 4.39. The van der Waals surface area contributed by atoms with Crippen LogP contribution in [0.25, 0.3) is 11.1 Å². The molecule has 2 aromatic carbocycles. The average molecular weight is 316 g/mol. The third kappa shape index (κ3) is 3.28. The van der Waals surface area contributed by atoms with E-state index in [9.17, 15) is 4.79 Å². The van der Waals surface area contributed by atoms with Gasteiger partial charge in [-0.25, -0.2) is 9.78 Å². The van der Waals surface area contributed by atoms with E-state index in [4.69, 9.17) is 20.8 Å². The standard InChI is InChI=1S/C17H14ClNO3/c18-10-13-3-1-12(2-4-13)7-8-21-17(20)14-5-6-16-15(9-14)19-11-22-16/h1-6,9,11H,7-8,10H2. The van der Waals surface area contributed by atoms with Gasteiger partial charge >= 0.3 is 5.97 Å². The molecule has 0 aliphatic carbocycles. The zero-order valence-electron chi connectivity index (χ0n) is 11.8. The second kappa shape index (κ2) is 6.62. The number of esters is 1. The third-order valence-electron chi connectivity index (χ3n) is 3.37. The van der Waals surface area contributed by atoms with Crippen molar-refractivity contribution in [2.45, 2.75) is 12.3 Å². The number of oxazole rings is 1. The maximum atomic E-state index is 12.0. The van der Waals surface area contributed by atoms with Gasteiger partial charge in [0, 0.05) is 12.3 Å². The predicted molar refractivity (Wildman–Crippen MR) is 84.0 cm³/mol. The molecule has 0 radical (unpaired) electrons. The number of aromatic nitrogens is 1. The Morgan fingerprint density at radius 3 is 2.68 bits per heavy atom. The fourth-order valence-corrected chi connectivity index (χ4v) is 2.30. The smallest absolute Gasteiger partial charge is 0.338 e. The van der Waals surface area contributed by atoms with Crippen LogP contribution in [0, 0.1) is 0 Å². The molecular weight excluding hydrogens is 302 g/mol. The Balaban J connectivity index is 1.57. The highest BCUT2D eigenvalue weighted by molar-refractivity contribution is 6.17. The quantitative estimate of drug-likeness (QED) is 0.528. The van der Waals surface area contributed by atoms with Crippen LogP contribution in [0.4, 0.5) is 0 Å². The minimum Gasteiger partial charge on any atom is -0.462 e. The van der Waals surface area contributed by atoms with Gasteiger partial charge in [0.05, 0.1) is 12.2 Å². The van der Waals surface area contributed by atoms with Crippen LogP contribution >= 0.6 is 11.6 Å². The van der Waals surface area contributed by atoms with Crippen molar-refractivity contribution in [1.29, 1.82) is 0 Å². The van der Waals surface area contributed by atoms with Crippen LogP contribution in [-0.2, 0) is 17.0 Å². The van der Waals surface area contributed by atoms with E-state index in [1.165, 1.54) is 6.39 Å². The lowest BCUT2D eigenvalue weighted by Gasteiger charge is -2.05. The molecule has 3 aromatic rings. The number of halogens is 1. The van der Waals surface area contributed by atoms with E-state index in [1.807, 2.05) is 24.3 Å². The number of rotatable bonds is 5. The second-order valence-electron chi connectivity index (χ2n) is 4.87. The highest BCUT2D eigenvalue weighted by Crippen LogP contribution is 2.15. The molecule has 0 aliphatic heterocycles. The van der Waals surface area contributed by atoms with Crippen LogP contribution in [-0.4, -0.2) is 17.6 Å². The van der Waals surface area contributed by atoms with E-state index in [-0.39, 0.29) is 5.97 Å². The molecule has 0 saturated heterocycles. The number of ether oxygens (including phenoxy) is 1. The first-order chi connectivity index (χ1) is 10.8. The Morgan fingerprint density at radius 1 is 1.14 bits per heavy atom. The van der Waals surface area contributed by atoms with Crippen molar-refractivity contribution in [2.75, 3.05) is 6.61 Å². The number of alkyl halides is 1. The normalized spacial score (nSPS) is 10.8. The van der Waals surface area contributed by atoms with Gasteiger partial charge in [-0.2, -0.15) is 0 Å². The zero-order chi connectivity index (χ0) is 15.4. The van der Waals surface area contributed by atoms with Crippen molar-refractivity contribution in [3.8, 4) is 0 Å². The topological polar surface area (TPSA) is 52.3 Å². The Morgan fingerprint density at radius 2 is 1.91 bits per heavy atom. The first kappa shape index (κ1) is 14.6. The molecule has 4 nitrogen and oxygen atoms in total. The van der Waals surface area contributed by atoms with Crippen molar-refractivity contribution in [3.05, 3.63) is 65.5 Å². The molecule has 22 heavy (non-hydrogen) atoms. The molecule has 0 saturated carbocycles. The predicted octanol–water partition coefficient (Wildman–Crippen LogP) is 3.97. The molecule has 0 unspecified atom stereocenters. The van der Waals surface area contributed by atoms with Gasteiger partial charge in [-0.1, -0.05) is 24.3 Å². The molecule has 0 bridgehead atoms. The molecule has 5 heteroatoms. The van der Waals surface area contributed by atoms with Crippen molar-refractivity contribution in [1.82, 2.24) is 4.98 Å². The van der Waals surface area contributed by atoms with Crippen LogP contribution in [0.2, 0.25) is 0 Å². The van der Waals surface area contributed by atoms with Crippen LogP contribution < -0.4 is 0 Å². The zero-order valence-corrected chi connectivity index (χ0v) is 12.5. The molecule has 1 aromatic heterocycles. The van der Waals surface area contributed by atoms with Gasteiger partial charge in [0.2, 0.25) is 0 Å². The second-order valence-corrected chi connectivity index (χ2v) is 5.14. The maximum Gasteiger partial charge on any atom is 0.338 e. The average Bonchev–Trinajstić information content (AvgIpc) is 3.03. The maximum absolute atomic E-state index is 12.0. The van der Waals surface area contributed by atoms with Gasteiger partial charge in [-0.3, -0.25) is 0 Å². The summed E-state index contributed by atoms with van der Waals surface area (Å²) in [5.74, 6) is 0.141. The first-order valence-corrected chi connectivity index (χ1v) is 7.44. The highest BCUT2D eigenvalue weighted by Gasteiger charge is 2.09. The van der Waals surface area contributed by atoms with Gasteiger partial charge in [0.15, 0.2) is 12.0 Å². The summed E-state index contributed by atoms with van der Waals surface area (Å²) < 4.78 is 10.4. The van der Waals surface area contributed by atoms with Crippen molar-refractivity contribution in [3.63, 3.8) is 0 Å². The van der Waals surface area contributed by atoms with E-state index in [0.29, 0.717) is 35.6 Å². The number of carbonyl (C=O) groups excluding carboxylic acids is 1. The number of hydrogen-bond donors (Lipinski definition) is 0. The summed E-state index contributed by atoms with van der Waals surface area (Å²) in [7, 11) is 0. The Labute approximate surface area is 132 Å². The van der Waals surface area contributed by atoms with E-state index in [2.05, 4.69) is 4.98 Å². The van der Waals surface area contributed by atoms with E-state index in [0.717, 1.165) is 11.1 Å². The number of carbonyl (C=O) groups is 1. The van der Waals surface area contributed by atoms with Crippen molar-refractivity contribution >= 4 is 28.7 Å². The number of benzene rings is 2. The van der Waals surface area contributed by atoms with E-state index in [1.54, 1.807) is 18.2 Å². The van der Waals surface area contributed by atoms with E-state index < -0.39 is 0 Å². The molecular formula is C17H14ClNO3. The lowest BCUT2D eigenvalue weighted by atomic mass is 10.1. The summed E-state index contributed by atoms with van der Waals surface area (Å²) in [6.07, 6.45) is 2.02. The van der Waals surface area contributed by atoms with Crippen LogP contribution in [0.1, 0.15) is 21.5 Å². The Hall–Kier alpha value is -2.33. The number of hydrogen-bond acceptors (Lipinski definition) is 4. The lowest BCUT2D eigenvalue weighted by Crippen LogP contribution is -2.08. The van der Waals surface area contributed by atoms with Gasteiger partial charge in [-0.15, -0.1) is 11.6 Å². The minimum absolute atomic E-state index is 0.329. The molecule has 0 fully saturated rings. The van der Waals surface area contributed by atoms with Crippen molar-refractivity contribution in [2.24, 2.45) is 0 Å². The lowest BCUT2D eigenvalue weighted by molar-refractivity contribution is 0.0509. The SMILES string of the molecule is O=C(OCCc1ccc(CCl)cc1)c1ccc2ocnc2c1. The number of nitrogens with zero attached hydrogens (tertiary/aromatic N) is 1. The molecule has 0 N–H and O–H groups in total. The summed E-state index contributed by atoms with van der Waals surface area (Å²) in [4.78, 5) is 16.0. The van der Waals surface area contributed by atoms with Gasteiger partial charge < -0.3 is 9.15 Å². The monoisotopic (exact) mass is 315 g/mol. The summed E-state index contributed by atoms with van der Waals surface area (Å²) in [6, 6.07) is 13.0. The molecule has 0 atom stereocenters. The minimum atomic E-state index is -0.359. The summed E-state index contributed by atoms with van der Waals surface area (Å²) in [5, 5.41) is 0. The number of fused-ring (bicyclic) bond motifs is 1. The molecule has 1 heterocycles. The van der Waals surface area contributed by atoms with Crippen LogP contribution in [0.15, 0.2) is 53.3 Å². The van der Waals surface area contributed by atoms with Crippen molar-refractivity contribution < 1.29 is 13.9 Å². The molecule has 0 spiro atoms. The third-order valence-corrected chi connectivity index (χ3v) is 3.68. The fourth-order valence-electron chi connectivity index (χ4n) is 2.12. The molecule has 0 amide bonds. The largest absolute Gasteiger partial charge is 0.462 e. The van der Waals surface area contributed by atoms with Gasteiger partial charge in [0.1, 0.15) is 5.52 Å². The van der Waals surface area contributed by atoms with Gasteiger partial charge in [-0.05, 0) is 29.3 Å². The highest BCUT2D eigenvalue weighted by atomic mass is 35.5. The molecule has 3 rings (SSSR count). The first-order valence-electron chi connectivity index (χ1n) is 6.90. The molecule has 112 valence electrons. The summed E-state index contributed by atoms with van der Waals surface area (Å²) >= 11 is 5.75.